The lowest BCUT2D eigenvalue weighted by Gasteiger charge is -2.08. The largest absolute Gasteiger partial charge is 0.485 e. The molecule has 0 unspecified atom stereocenters. The van der Waals surface area contributed by atoms with Crippen LogP contribution in [0.5, 0.6) is 5.75 Å². The molecule has 2 rings (SSSR count). The monoisotopic (exact) mass is 277 g/mol. The molecule has 0 aliphatic rings. The molecule has 0 aliphatic heterocycles. The van der Waals surface area contributed by atoms with Gasteiger partial charge in [0.15, 0.2) is 0 Å². The van der Waals surface area contributed by atoms with Crippen LogP contribution in [0.1, 0.15) is 21.7 Å². The SMILES string of the molecule is Cc1cc(C(=O)O)ccc1OCc1ccc([N+](=O)[O-])o1. The van der Waals surface area contributed by atoms with Crippen LogP contribution in [0.4, 0.5) is 5.88 Å². The van der Waals surface area contributed by atoms with E-state index in [0.717, 1.165) is 0 Å². The van der Waals surface area contributed by atoms with Gasteiger partial charge in [-0.3, -0.25) is 10.1 Å². The highest BCUT2D eigenvalue weighted by Gasteiger charge is 2.13. The molecule has 1 heterocycles. The van der Waals surface area contributed by atoms with Crippen LogP contribution in [-0.4, -0.2) is 16.0 Å². The third-order valence-corrected chi connectivity index (χ3v) is 2.62. The maximum absolute atomic E-state index is 10.8. The minimum absolute atomic E-state index is 0.0289. The van der Waals surface area contributed by atoms with E-state index in [2.05, 4.69) is 0 Å². The van der Waals surface area contributed by atoms with E-state index in [0.29, 0.717) is 17.1 Å². The van der Waals surface area contributed by atoms with Gasteiger partial charge in [0.2, 0.25) is 0 Å². The summed E-state index contributed by atoms with van der Waals surface area (Å²) in [4.78, 5) is 20.6. The second-order valence-corrected chi connectivity index (χ2v) is 4.07. The number of benzene rings is 1. The summed E-state index contributed by atoms with van der Waals surface area (Å²) in [6.07, 6.45) is 0. The molecule has 0 spiro atoms. The minimum Gasteiger partial charge on any atom is -0.485 e. The Morgan fingerprint density at radius 1 is 1.40 bits per heavy atom. The first-order valence-electron chi connectivity index (χ1n) is 5.67. The first kappa shape index (κ1) is 13.6. The number of ether oxygens (including phenoxy) is 1. The lowest BCUT2D eigenvalue weighted by atomic mass is 10.1. The predicted octanol–water partition coefficient (Wildman–Crippen LogP) is 2.77. The van der Waals surface area contributed by atoms with Crippen molar-refractivity contribution < 1.29 is 24.0 Å². The minimum atomic E-state index is -1.01. The molecule has 2 aromatic rings. The van der Waals surface area contributed by atoms with Crippen molar-refractivity contribution in [2.45, 2.75) is 13.5 Å². The third-order valence-electron chi connectivity index (χ3n) is 2.62. The zero-order valence-corrected chi connectivity index (χ0v) is 10.5. The van der Waals surface area contributed by atoms with Gasteiger partial charge in [0.25, 0.3) is 0 Å². The maximum Gasteiger partial charge on any atom is 0.433 e. The molecule has 0 saturated carbocycles. The topological polar surface area (TPSA) is 103 Å². The Bertz CT molecular complexity index is 661. The number of carboxylic acid groups (broad SMARTS) is 1. The highest BCUT2D eigenvalue weighted by molar-refractivity contribution is 5.88. The number of hydrogen-bond acceptors (Lipinski definition) is 5. The number of rotatable bonds is 5. The van der Waals surface area contributed by atoms with Crippen LogP contribution >= 0.6 is 0 Å². The number of aromatic carboxylic acids is 1. The summed E-state index contributed by atoms with van der Waals surface area (Å²) in [5, 5.41) is 19.3. The number of nitro groups is 1. The first-order chi connectivity index (χ1) is 9.47. The fourth-order valence-electron chi connectivity index (χ4n) is 1.64. The van der Waals surface area contributed by atoms with Gasteiger partial charge in [-0.15, -0.1) is 0 Å². The fourth-order valence-corrected chi connectivity index (χ4v) is 1.64. The molecule has 0 aliphatic carbocycles. The number of hydrogen-bond donors (Lipinski definition) is 1. The average molecular weight is 277 g/mol. The van der Waals surface area contributed by atoms with Gasteiger partial charge in [-0.1, -0.05) is 0 Å². The molecule has 0 saturated heterocycles. The van der Waals surface area contributed by atoms with Gasteiger partial charge >= 0.3 is 11.9 Å². The predicted molar refractivity (Wildman–Crippen MR) is 67.8 cm³/mol. The number of carboxylic acids is 1. The lowest BCUT2D eigenvalue weighted by Crippen LogP contribution is -2.00. The van der Waals surface area contributed by atoms with Crippen LogP contribution in [0.15, 0.2) is 34.7 Å². The van der Waals surface area contributed by atoms with Crippen LogP contribution in [0.25, 0.3) is 0 Å². The number of carbonyl (C=O) groups is 1. The summed E-state index contributed by atoms with van der Waals surface area (Å²) in [5.74, 6) is -0.546. The van der Waals surface area contributed by atoms with E-state index in [1.807, 2.05) is 0 Å². The van der Waals surface area contributed by atoms with Gasteiger partial charge < -0.3 is 14.3 Å². The summed E-state index contributed by atoms with van der Waals surface area (Å²) >= 11 is 0. The molecule has 1 aromatic carbocycles. The number of furan rings is 1. The Hall–Kier alpha value is -2.83. The summed E-state index contributed by atoms with van der Waals surface area (Å²) in [6.45, 7) is 1.74. The molecule has 0 atom stereocenters. The Balaban J connectivity index is 2.06. The zero-order valence-electron chi connectivity index (χ0n) is 10.5. The molecule has 1 N–H and O–H groups in total. The van der Waals surface area contributed by atoms with Crippen molar-refractivity contribution in [1.82, 2.24) is 0 Å². The van der Waals surface area contributed by atoms with Crippen molar-refractivity contribution in [2.24, 2.45) is 0 Å². The second kappa shape index (κ2) is 5.43. The normalized spacial score (nSPS) is 10.2. The van der Waals surface area contributed by atoms with Crippen LogP contribution in [0.2, 0.25) is 0 Å². The zero-order chi connectivity index (χ0) is 14.7. The van der Waals surface area contributed by atoms with Crippen molar-refractivity contribution in [1.29, 1.82) is 0 Å². The van der Waals surface area contributed by atoms with Crippen molar-refractivity contribution in [3.63, 3.8) is 0 Å². The van der Waals surface area contributed by atoms with E-state index in [-0.39, 0.29) is 18.1 Å². The molecule has 104 valence electrons. The Morgan fingerprint density at radius 2 is 2.15 bits per heavy atom. The van der Waals surface area contributed by atoms with E-state index in [1.165, 1.54) is 30.3 Å². The number of aryl methyl sites for hydroxylation is 1. The molecule has 0 fully saturated rings. The quantitative estimate of drug-likeness (QED) is 0.665. The summed E-state index contributed by atoms with van der Waals surface area (Å²) < 4.78 is 10.4. The van der Waals surface area contributed by atoms with Crippen molar-refractivity contribution >= 4 is 11.9 Å². The van der Waals surface area contributed by atoms with E-state index >= 15 is 0 Å². The summed E-state index contributed by atoms with van der Waals surface area (Å²) in [5.41, 5.74) is 0.828. The first-order valence-corrected chi connectivity index (χ1v) is 5.67. The highest BCUT2D eigenvalue weighted by atomic mass is 16.6. The highest BCUT2D eigenvalue weighted by Crippen LogP contribution is 2.22. The van der Waals surface area contributed by atoms with Crippen LogP contribution in [0.3, 0.4) is 0 Å². The van der Waals surface area contributed by atoms with Gasteiger partial charge in [0.05, 0.1) is 11.6 Å². The van der Waals surface area contributed by atoms with Crippen LogP contribution in [-0.2, 0) is 6.61 Å². The Labute approximate surface area is 113 Å². The third kappa shape index (κ3) is 2.94. The van der Waals surface area contributed by atoms with Gasteiger partial charge in [-0.05, 0) is 36.8 Å². The van der Waals surface area contributed by atoms with E-state index in [1.54, 1.807) is 6.92 Å². The second-order valence-electron chi connectivity index (χ2n) is 4.07. The molecule has 7 heteroatoms. The van der Waals surface area contributed by atoms with E-state index < -0.39 is 10.9 Å². The number of nitrogens with zero attached hydrogens (tertiary/aromatic N) is 1. The average Bonchev–Trinajstić information content (AvgIpc) is 2.86. The van der Waals surface area contributed by atoms with Crippen molar-refractivity contribution in [3.05, 3.63) is 57.3 Å². The van der Waals surface area contributed by atoms with E-state index in [9.17, 15) is 14.9 Å². The van der Waals surface area contributed by atoms with E-state index in [4.69, 9.17) is 14.3 Å². The molecule has 0 radical (unpaired) electrons. The Kier molecular flexibility index (Phi) is 3.69. The van der Waals surface area contributed by atoms with Gasteiger partial charge in [-0.2, -0.15) is 0 Å². The summed E-state index contributed by atoms with van der Waals surface area (Å²) in [6, 6.07) is 7.16. The lowest BCUT2D eigenvalue weighted by molar-refractivity contribution is -0.402. The van der Waals surface area contributed by atoms with Crippen molar-refractivity contribution in [2.75, 3.05) is 0 Å². The molecule has 0 bridgehead atoms. The van der Waals surface area contributed by atoms with Crippen LogP contribution in [0, 0.1) is 17.0 Å². The summed E-state index contributed by atoms with van der Waals surface area (Å²) in [7, 11) is 0. The molecular weight excluding hydrogens is 266 g/mol. The molecule has 7 nitrogen and oxygen atoms in total. The maximum atomic E-state index is 10.8. The fraction of sp³-hybridized carbons (Fsp3) is 0.154. The van der Waals surface area contributed by atoms with Gasteiger partial charge in [-0.25, -0.2) is 4.79 Å². The van der Waals surface area contributed by atoms with Crippen LogP contribution < -0.4 is 4.74 Å². The molecule has 1 aromatic heterocycles. The Morgan fingerprint density at radius 3 is 2.70 bits per heavy atom. The van der Waals surface area contributed by atoms with Crippen molar-refractivity contribution in [3.8, 4) is 5.75 Å². The molecule has 0 amide bonds. The molecule has 20 heavy (non-hydrogen) atoms. The van der Waals surface area contributed by atoms with Gasteiger partial charge in [0, 0.05) is 0 Å². The standard InChI is InChI=1S/C13H11NO6/c1-8-6-9(13(15)16)2-4-11(8)19-7-10-3-5-12(20-10)14(17)18/h2-6H,7H2,1H3,(H,15,16). The van der Waals surface area contributed by atoms with Gasteiger partial charge in [0.1, 0.15) is 23.0 Å². The molecular formula is C13H11NO6. The smallest absolute Gasteiger partial charge is 0.433 e.